The molecule has 3 heterocycles. The lowest BCUT2D eigenvalue weighted by Gasteiger charge is -2.35. The molecule has 10 heteroatoms. The van der Waals surface area contributed by atoms with Crippen molar-refractivity contribution >= 4 is 17.6 Å². The lowest BCUT2D eigenvalue weighted by molar-refractivity contribution is -0.384. The van der Waals surface area contributed by atoms with Crippen LogP contribution in [-0.2, 0) is 23.8 Å². The summed E-state index contributed by atoms with van der Waals surface area (Å²) in [7, 11) is 0. The smallest absolute Gasteiger partial charge is 0.357 e. The number of ether oxygens (including phenoxy) is 3. The van der Waals surface area contributed by atoms with E-state index >= 15 is 0 Å². The number of aliphatic hydroxyl groups is 2. The standard InChI is InChI=1S/C15H13NO9/c17-10-6-23-15(20)12(10)24-13(19)14(15)9(5-11(18)25-14)7-1-3-8(4-2-7)16(21)22/h1-4,9-10,12,17,20H,5-6H2/t9-,10+,12-,14-,15+/m1/s1. The van der Waals surface area contributed by atoms with Gasteiger partial charge in [-0.2, -0.15) is 0 Å². The molecular formula is C15H13NO9. The number of benzene rings is 1. The zero-order valence-corrected chi connectivity index (χ0v) is 12.7. The first-order valence-corrected chi connectivity index (χ1v) is 7.51. The van der Waals surface area contributed by atoms with Crippen LogP contribution in [0.5, 0.6) is 0 Å². The third-order valence-corrected chi connectivity index (χ3v) is 4.92. The van der Waals surface area contributed by atoms with Gasteiger partial charge in [-0.05, 0) is 5.56 Å². The van der Waals surface area contributed by atoms with E-state index in [1.165, 1.54) is 24.3 Å². The van der Waals surface area contributed by atoms with Crippen LogP contribution in [0, 0.1) is 10.1 Å². The molecule has 1 spiro atoms. The van der Waals surface area contributed by atoms with Crippen molar-refractivity contribution in [3.05, 3.63) is 39.9 Å². The minimum absolute atomic E-state index is 0.166. The van der Waals surface area contributed by atoms with Gasteiger partial charge in [-0.15, -0.1) is 0 Å². The third-order valence-electron chi connectivity index (χ3n) is 4.92. The van der Waals surface area contributed by atoms with Crippen molar-refractivity contribution in [1.29, 1.82) is 0 Å². The monoisotopic (exact) mass is 351 g/mol. The van der Waals surface area contributed by atoms with Gasteiger partial charge < -0.3 is 24.4 Å². The molecular weight excluding hydrogens is 338 g/mol. The highest BCUT2D eigenvalue weighted by Gasteiger charge is 2.80. The van der Waals surface area contributed by atoms with E-state index in [0.29, 0.717) is 5.56 Å². The first kappa shape index (κ1) is 15.9. The second-order valence-corrected chi connectivity index (χ2v) is 6.22. The van der Waals surface area contributed by atoms with Crippen LogP contribution in [0.15, 0.2) is 24.3 Å². The Morgan fingerprint density at radius 2 is 1.92 bits per heavy atom. The van der Waals surface area contributed by atoms with Crippen LogP contribution in [0.4, 0.5) is 5.69 Å². The Morgan fingerprint density at radius 3 is 2.56 bits per heavy atom. The molecule has 5 atom stereocenters. The molecule has 0 aromatic heterocycles. The van der Waals surface area contributed by atoms with E-state index in [2.05, 4.69) is 0 Å². The summed E-state index contributed by atoms with van der Waals surface area (Å²) < 4.78 is 15.5. The van der Waals surface area contributed by atoms with Crippen molar-refractivity contribution in [3.63, 3.8) is 0 Å². The van der Waals surface area contributed by atoms with Crippen molar-refractivity contribution in [2.45, 2.75) is 35.9 Å². The van der Waals surface area contributed by atoms with Gasteiger partial charge >= 0.3 is 11.9 Å². The second-order valence-electron chi connectivity index (χ2n) is 6.22. The maximum Gasteiger partial charge on any atom is 0.357 e. The normalized spacial score (nSPS) is 39.4. The molecule has 3 saturated heterocycles. The second kappa shape index (κ2) is 4.97. The van der Waals surface area contributed by atoms with Crippen LogP contribution in [0.3, 0.4) is 0 Å². The summed E-state index contributed by atoms with van der Waals surface area (Å²) in [5.41, 5.74) is -1.96. The fraction of sp³-hybridized carbons (Fsp3) is 0.467. The number of nitro groups is 1. The number of esters is 2. The molecule has 0 bridgehead atoms. The molecule has 2 N–H and O–H groups in total. The molecule has 0 amide bonds. The molecule has 3 fully saturated rings. The van der Waals surface area contributed by atoms with Gasteiger partial charge in [0.05, 0.1) is 23.9 Å². The van der Waals surface area contributed by atoms with E-state index in [1.54, 1.807) is 0 Å². The molecule has 0 saturated carbocycles. The average Bonchev–Trinajstić information content (AvgIpc) is 3.15. The molecule has 3 aliphatic heterocycles. The Hall–Kier alpha value is -2.56. The maximum absolute atomic E-state index is 12.5. The van der Waals surface area contributed by atoms with E-state index in [4.69, 9.17) is 14.2 Å². The maximum atomic E-state index is 12.5. The van der Waals surface area contributed by atoms with E-state index in [1.807, 2.05) is 0 Å². The van der Waals surface area contributed by atoms with Crippen molar-refractivity contribution < 1.29 is 38.9 Å². The molecule has 132 valence electrons. The minimum atomic E-state index is -2.33. The van der Waals surface area contributed by atoms with Gasteiger partial charge in [0, 0.05) is 12.1 Å². The summed E-state index contributed by atoms with van der Waals surface area (Å²) in [4.78, 5) is 34.7. The predicted octanol–water partition coefficient (Wildman–Crippen LogP) is -0.631. The number of hydrogen-bond donors (Lipinski definition) is 2. The van der Waals surface area contributed by atoms with E-state index in [9.17, 15) is 29.9 Å². The Kier molecular flexibility index (Phi) is 3.17. The highest BCUT2D eigenvalue weighted by molar-refractivity contribution is 5.92. The van der Waals surface area contributed by atoms with Crippen LogP contribution in [0.25, 0.3) is 0 Å². The Labute approximate surface area is 140 Å². The largest absolute Gasteiger partial charge is 0.450 e. The number of rotatable bonds is 2. The molecule has 1 aromatic carbocycles. The van der Waals surface area contributed by atoms with E-state index in [-0.39, 0.29) is 18.7 Å². The van der Waals surface area contributed by atoms with E-state index < -0.39 is 46.4 Å². The van der Waals surface area contributed by atoms with Gasteiger partial charge in [0.15, 0.2) is 6.10 Å². The van der Waals surface area contributed by atoms with Crippen molar-refractivity contribution in [1.82, 2.24) is 0 Å². The Balaban J connectivity index is 1.81. The van der Waals surface area contributed by atoms with Gasteiger partial charge in [0.25, 0.3) is 17.1 Å². The van der Waals surface area contributed by atoms with Crippen LogP contribution in [-0.4, -0.2) is 57.3 Å². The molecule has 1 aromatic rings. The summed E-state index contributed by atoms with van der Waals surface area (Å²) in [6.07, 6.45) is -2.89. The van der Waals surface area contributed by atoms with Crippen LogP contribution in [0.1, 0.15) is 17.9 Å². The molecule has 3 aliphatic rings. The molecule has 0 unspecified atom stereocenters. The topological polar surface area (TPSA) is 145 Å². The first-order chi connectivity index (χ1) is 11.8. The zero-order chi connectivity index (χ0) is 18.0. The van der Waals surface area contributed by atoms with Gasteiger partial charge in [0.2, 0.25) is 0 Å². The van der Waals surface area contributed by atoms with Crippen molar-refractivity contribution in [3.8, 4) is 0 Å². The molecule has 25 heavy (non-hydrogen) atoms. The highest BCUT2D eigenvalue weighted by atomic mass is 16.7. The molecule has 10 nitrogen and oxygen atoms in total. The van der Waals surface area contributed by atoms with Gasteiger partial charge in [-0.1, -0.05) is 12.1 Å². The number of carbonyl (C=O) groups excluding carboxylic acids is 2. The minimum Gasteiger partial charge on any atom is -0.450 e. The number of nitro benzene ring substituents is 1. The highest BCUT2D eigenvalue weighted by Crippen LogP contribution is 2.56. The molecule has 4 rings (SSSR count). The lowest BCUT2D eigenvalue weighted by Crippen LogP contribution is -2.60. The van der Waals surface area contributed by atoms with Crippen molar-refractivity contribution in [2.24, 2.45) is 0 Å². The fourth-order valence-corrected chi connectivity index (χ4v) is 3.76. The summed E-state index contributed by atoms with van der Waals surface area (Å²) in [5.74, 6) is -5.08. The van der Waals surface area contributed by atoms with Gasteiger partial charge in [0.1, 0.15) is 6.10 Å². The van der Waals surface area contributed by atoms with Crippen LogP contribution in [0.2, 0.25) is 0 Å². The summed E-state index contributed by atoms with van der Waals surface area (Å²) >= 11 is 0. The van der Waals surface area contributed by atoms with Crippen molar-refractivity contribution in [2.75, 3.05) is 6.61 Å². The summed E-state index contributed by atoms with van der Waals surface area (Å²) in [6.45, 7) is -0.291. The summed E-state index contributed by atoms with van der Waals surface area (Å²) in [5, 5.41) is 31.6. The number of carbonyl (C=O) groups is 2. The average molecular weight is 351 g/mol. The third kappa shape index (κ3) is 1.89. The van der Waals surface area contributed by atoms with Crippen LogP contribution >= 0.6 is 0 Å². The van der Waals surface area contributed by atoms with E-state index in [0.717, 1.165) is 0 Å². The Bertz CT molecular complexity index is 778. The SMILES string of the molecule is O=C1C[C@H](c2ccc([N+](=O)[O-])cc2)[C@@]2(O1)C(=O)O[C@@H]1[C@@H](O)CO[C@@]12O. The summed E-state index contributed by atoms with van der Waals surface area (Å²) in [6, 6.07) is 5.19. The fourth-order valence-electron chi connectivity index (χ4n) is 3.76. The predicted molar refractivity (Wildman–Crippen MR) is 76.1 cm³/mol. The quantitative estimate of drug-likeness (QED) is 0.404. The van der Waals surface area contributed by atoms with Crippen LogP contribution < -0.4 is 0 Å². The van der Waals surface area contributed by atoms with Gasteiger partial charge in [-0.3, -0.25) is 14.9 Å². The van der Waals surface area contributed by atoms with Gasteiger partial charge in [-0.25, -0.2) is 4.79 Å². The number of fused-ring (bicyclic) bond motifs is 2. The lowest BCUT2D eigenvalue weighted by atomic mass is 9.76. The zero-order valence-electron chi connectivity index (χ0n) is 12.7. The first-order valence-electron chi connectivity index (χ1n) is 7.51. The molecule has 0 radical (unpaired) electrons. The number of hydrogen-bond acceptors (Lipinski definition) is 9. The number of non-ortho nitro benzene ring substituents is 1. The number of nitrogens with zero attached hydrogens (tertiary/aromatic N) is 1. The Morgan fingerprint density at radius 1 is 1.24 bits per heavy atom. The number of aliphatic hydroxyl groups excluding tert-OH is 1. The molecule has 0 aliphatic carbocycles.